The number of halogens is 1. The zero-order valence-electron chi connectivity index (χ0n) is 15.4. The summed E-state index contributed by atoms with van der Waals surface area (Å²) in [5.41, 5.74) is 0.599. The van der Waals surface area contributed by atoms with Gasteiger partial charge < -0.3 is 19.8 Å². The number of nitrogens with one attached hydrogen (secondary N) is 2. The van der Waals surface area contributed by atoms with Crippen molar-refractivity contribution < 1.29 is 23.5 Å². The second-order valence-corrected chi connectivity index (χ2v) is 7.41. The molecule has 0 spiro atoms. The predicted molar refractivity (Wildman–Crippen MR) is 107 cm³/mol. The first-order chi connectivity index (χ1) is 13.5. The Morgan fingerprint density at radius 3 is 2.96 bits per heavy atom. The second kappa shape index (κ2) is 9.05. The third-order valence-electron chi connectivity index (χ3n) is 4.47. The number of hydrogen-bond acceptors (Lipinski definition) is 5. The number of carbonyl (C=O) groups excluding carboxylic acids is 3. The molecule has 2 amide bonds. The van der Waals surface area contributed by atoms with Crippen LogP contribution < -0.4 is 10.6 Å². The molecule has 1 aromatic heterocycles. The van der Waals surface area contributed by atoms with Crippen molar-refractivity contribution >= 4 is 44.7 Å². The first kappa shape index (κ1) is 20.1. The van der Waals surface area contributed by atoms with Gasteiger partial charge in [-0.2, -0.15) is 0 Å². The summed E-state index contributed by atoms with van der Waals surface area (Å²) >= 11 is 3.39. The van der Waals surface area contributed by atoms with Gasteiger partial charge >= 0.3 is 5.97 Å². The van der Waals surface area contributed by atoms with Crippen LogP contribution in [0.5, 0.6) is 0 Å². The summed E-state index contributed by atoms with van der Waals surface area (Å²) in [4.78, 5) is 36.2. The van der Waals surface area contributed by atoms with E-state index in [1.165, 1.54) is 6.08 Å². The molecule has 0 aliphatic carbocycles. The van der Waals surface area contributed by atoms with Gasteiger partial charge in [0, 0.05) is 34.4 Å². The van der Waals surface area contributed by atoms with Crippen molar-refractivity contribution in [2.24, 2.45) is 5.92 Å². The lowest BCUT2D eigenvalue weighted by atomic mass is 9.98. The van der Waals surface area contributed by atoms with Gasteiger partial charge in [0.25, 0.3) is 5.91 Å². The van der Waals surface area contributed by atoms with Gasteiger partial charge in [-0.25, -0.2) is 4.79 Å². The van der Waals surface area contributed by atoms with Gasteiger partial charge in [-0.3, -0.25) is 9.59 Å². The van der Waals surface area contributed by atoms with Crippen LogP contribution in [0.15, 0.2) is 45.3 Å². The molecule has 3 rings (SSSR count). The molecule has 0 radical (unpaired) electrons. The Hall–Kier alpha value is -2.61. The average Bonchev–Trinajstić information content (AvgIpc) is 3.25. The van der Waals surface area contributed by atoms with Gasteiger partial charge in [0.15, 0.2) is 5.76 Å². The lowest BCUT2D eigenvalue weighted by Gasteiger charge is -2.17. The van der Waals surface area contributed by atoms with Gasteiger partial charge in [0.05, 0.1) is 6.61 Å². The fourth-order valence-electron chi connectivity index (χ4n) is 3.11. The maximum Gasteiger partial charge on any atom is 0.330 e. The number of furan rings is 1. The monoisotopic (exact) mass is 448 g/mol. The smallest absolute Gasteiger partial charge is 0.330 e. The van der Waals surface area contributed by atoms with Crippen LogP contribution in [0.3, 0.4) is 0 Å². The van der Waals surface area contributed by atoms with E-state index in [1.54, 1.807) is 25.1 Å². The average molecular weight is 449 g/mol. The summed E-state index contributed by atoms with van der Waals surface area (Å²) in [5.74, 6) is -1.00. The van der Waals surface area contributed by atoms with E-state index in [4.69, 9.17) is 9.15 Å². The van der Waals surface area contributed by atoms with E-state index in [9.17, 15) is 14.4 Å². The minimum Gasteiger partial charge on any atom is -0.463 e. The normalized spacial score (nSPS) is 17.6. The van der Waals surface area contributed by atoms with Crippen LogP contribution in [0.2, 0.25) is 0 Å². The van der Waals surface area contributed by atoms with Crippen LogP contribution in [0.4, 0.5) is 0 Å². The fraction of sp³-hybridized carbons (Fsp3) is 0.350. The molecule has 1 aliphatic heterocycles. The molecular formula is C20H21BrN2O5. The minimum absolute atomic E-state index is 0.0441. The van der Waals surface area contributed by atoms with Crippen molar-refractivity contribution in [3.8, 4) is 0 Å². The Bertz CT molecular complexity index is 920. The highest BCUT2D eigenvalue weighted by molar-refractivity contribution is 9.10. The first-order valence-corrected chi connectivity index (χ1v) is 9.88. The summed E-state index contributed by atoms with van der Waals surface area (Å²) in [6.45, 7) is 2.60. The van der Waals surface area contributed by atoms with Gasteiger partial charge in [0.1, 0.15) is 5.58 Å². The number of esters is 1. The van der Waals surface area contributed by atoms with Crippen molar-refractivity contribution in [1.29, 1.82) is 0 Å². The van der Waals surface area contributed by atoms with Crippen LogP contribution >= 0.6 is 15.9 Å². The molecule has 2 N–H and O–H groups in total. The number of fused-ring (bicyclic) bond motifs is 1. The quantitative estimate of drug-likeness (QED) is 0.501. The van der Waals surface area contributed by atoms with Crippen molar-refractivity contribution in [3.05, 3.63) is 46.7 Å². The van der Waals surface area contributed by atoms with Gasteiger partial charge in [-0.15, -0.1) is 0 Å². The van der Waals surface area contributed by atoms with Crippen molar-refractivity contribution in [2.45, 2.75) is 25.8 Å². The van der Waals surface area contributed by atoms with E-state index >= 15 is 0 Å². The number of amides is 2. The number of ether oxygens (including phenoxy) is 1. The van der Waals surface area contributed by atoms with Crippen molar-refractivity contribution in [3.63, 3.8) is 0 Å². The summed E-state index contributed by atoms with van der Waals surface area (Å²) in [6.07, 6.45) is 3.91. The van der Waals surface area contributed by atoms with Gasteiger partial charge in [0.2, 0.25) is 5.91 Å². The number of benzene rings is 1. The highest BCUT2D eigenvalue weighted by Gasteiger charge is 2.27. The highest BCUT2D eigenvalue weighted by Crippen LogP contribution is 2.24. The number of rotatable bonds is 7. The summed E-state index contributed by atoms with van der Waals surface area (Å²) < 4.78 is 11.4. The summed E-state index contributed by atoms with van der Waals surface area (Å²) in [6, 6.07) is 6.61. The third kappa shape index (κ3) is 5.01. The molecule has 0 bridgehead atoms. The van der Waals surface area contributed by atoms with E-state index in [0.29, 0.717) is 25.0 Å². The Balaban J connectivity index is 1.74. The minimum atomic E-state index is -0.509. The van der Waals surface area contributed by atoms with Gasteiger partial charge in [-0.05, 0) is 44.0 Å². The molecule has 1 aromatic carbocycles. The van der Waals surface area contributed by atoms with Crippen LogP contribution in [0.25, 0.3) is 11.0 Å². The van der Waals surface area contributed by atoms with E-state index in [-0.39, 0.29) is 24.2 Å². The standard InChI is InChI=1S/C20H21BrN2O5/c1-2-27-18(24)6-4-15(10-12-7-8-22-19(12)25)23-20(26)17-11-13-9-14(21)3-5-16(13)28-17/h3-6,9,11-12,15H,2,7-8,10H2,1H3,(H,22,25)(H,23,26)/t12-,15+/m0/s1. The third-order valence-corrected chi connectivity index (χ3v) is 4.96. The van der Waals surface area contributed by atoms with Gasteiger partial charge in [-0.1, -0.05) is 22.0 Å². The Morgan fingerprint density at radius 2 is 2.25 bits per heavy atom. The van der Waals surface area contributed by atoms with Crippen LogP contribution in [-0.4, -0.2) is 37.0 Å². The predicted octanol–water partition coefficient (Wildman–Crippen LogP) is 2.94. The fourth-order valence-corrected chi connectivity index (χ4v) is 3.49. The van der Waals surface area contributed by atoms with E-state index in [2.05, 4.69) is 26.6 Å². The molecule has 1 aliphatic rings. The molecule has 2 atom stereocenters. The molecule has 2 heterocycles. The molecule has 2 aromatic rings. The molecule has 28 heavy (non-hydrogen) atoms. The van der Waals surface area contributed by atoms with Crippen LogP contribution in [0, 0.1) is 5.92 Å². The zero-order valence-corrected chi connectivity index (χ0v) is 17.0. The lowest BCUT2D eigenvalue weighted by Crippen LogP contribution is -2.36. The molecule has 0 unspecified atom stereocenters. The van der Waals surface area contributed by atoms with Crippen LogP contribution in [-0.2, 0) is 14.3 Å². The largest absolute Gasteiger partial charge is 0.463 e. The maximum atomic E-state index is 12.7. The Labute approximate surface area is 170 Å². The number of hydrogen-bond donors (Lipinski definition) is 2. The second-order valence-electron chi connectivity index (χ2n) is 6.50. The topological polar surface area (TPSA) is 97.6 Å². The molecular weight excluding hydrogens is 428 g/mol. The molecule has 0 saturated carbocycles. The van der Waals surface area contributed by atoms with E-state index in [0.717, 1.165) is 9.86 Å². The zero-order chi connectivity index (χ0) is 20.1. The molecule has 7 nitrogen and oxygen atoms in total. The van der Waals surface area contributed by atoms with E-state index < -0.39 is 17.9 Å². The van der Waals surface area contributed by atoms with Crippen LogP contribution in [0.1, 0.15) is 30.3 Å². The van der Waals surface area contributed by atoms with Crippen molar-refractivity contribution in [1.82, 2.24) is 10.6 Å². The first-order valence-electron chi connectivity index (χ1n) is 9.09. The maximum absolute atomic E-state index is 12.7. The number of carbonyl (C=O) groups is 3. The van der Waals surface area contributed by atoms with E-state index in [1.807, 2.05) is 12.1 Å². The molecule has 148 valence electrons. The Morgan fingerprint density at radius 1 is 1.43 bits per heavy atom. The molecule has 1 saturated heterocycles. The SMILES string of the molecule is CCOC(=O)C=C[C@H](C[C@@H]1CCNC1=O)NC(=O)c1cc2cc(Br)ccc2o1. The van der Waals surface area contributed by atoms with Crippen molar-refractivity contribution in [2.75, 3.05) is 13.2 Å². The molecule has 8 heteroatoms. The molecule has 1 fully saturated rings. The lowest BCUT2D eigenvalue weighted by molar-refractivity contribution is -0.137. The summed E-state index contributed by atoms with van der Waals surface area (Å²) in [7, 11) is 0. The summed E-state index contributed by atoms with van der Waals surface area (Å²) in [5, 5.41) is 6.41. The highest BCUT2D eigenvalue weighted by atomic mass is 79.9. The Kier molecular flexibility index (Phi) is 6.51.